The molecule has 4 rings (SSSR count). The van der Waals surface area contributed by atoms with Gasteiger partial charge >= 0.3 is 0 Å². The molecule has 132 valence electrons. The SMILES string of the molecule is O=C(NCc1nnc2n1CCC2)c1cc(Cc2ccccc2)ccc1O. The summed E-state index contributed by atoms with van der Waals surface area (Å²) in [6, 6.07) is 15.2. The molecule has 3 aromatic rings. The second kappa shape index (κ2) is 7.00. The van der Waals surface area contributed by atoms with Crippen LogP contribution in [-0.4, -0.2) is 25.8 Å². The highest BCUT2D eigenvalue weighted by molar-refractivity contribution is 5.96. The van der Waals surface area contributed by atoms with E-state index < -0.39 is 0 Å². The van der Waals surface area contributed by atoms with E-state index in [1.54, 1.807) is 12.1 Å². The van der Waals surface area contributed by atoms with Crippen LogP contribution < -0.4 is 5.32 Å². The lowest BCUT2D eigenvalue weighted by molar-refractivity contribution is 0.0946. The summed E-state index contributed by atoms with van der Waals surface area (Å²) in [7, 11) is 0. The molecule has 6 heteroatoms. The summed E-state index contributed by atoms with van der Waals surface area (Å²) in [4.78, 5) is 12.5. The molecule has 2 N–H and O–H groups in total. The average molecular weight is 348 g/mol. The van der Waals surface area contributed by atoms with Gasteiger partial charge in [-0.15, -0.1) is 10.2 Å². The Kier molecular flexibility index (Phi) is 4.39. The normalized spacial score (nSPS) is 12.8. The molecule has 1 aromatic heterocycles. The molecule has 2 heterocycles. The average Bonchev–Trinajstić information content (AvgIpc) is 3.26. The van der Waals surface area contributed by atoms with E-state index in [0.29, 0.717) is 13.0 Å². The van der Waals surface area contributed by atoms with Gasteiger partial charge in [0.2, 0.25) is 0 Å². The first-order valence-electron chi connectivity index (χ1n) is 8.75. The highest BCUT2D eigenvalue weighted by Gasteiger charge is 2.18. The number of rotatable bonds is 5. The summed E-state index contributed by atoms with van der Waals surface area (Å²) in [6.45, 7) is 1.19. The smallest absolute Gasteiger partial charge is 0.255 e. The van der Waals surface area contributed by atoms with Crippen molar-refractivity contribution in [2.45, 2.75) is 32.4 Å². The number of phenolic OH excluding ortho intramolecular Hbond substituents is 1. The highest BCUT2D eigenvalue weighted by Crippen LogP contribution is 2.21. The van der Waals surface area contributed by atoms with Crippen LogP contribution in [0.1, 0.15) is 39.6 Å². The van der Waals surface area contributed by atoms with Gasteiger partial charge < -0.3 is 15.0 Å². The maximum atomic E-state index is 12.5. The molecule has 0 atom stereocenters. The highest BCUT2D eigenvalue weighted by atomic mass is 16.3. The number of nitrogens with zero attached hydrogens (tertiary/aromatic N) is 3. The zero-order valence-corrected chi connectivity index (χ0v) is 14.4. The van der Waals surface area contributed by atoms with Crippen LogP contribution in [0.4, 0.5) is 0 Å². The maximum absolute atomic E-state index is 12.5. The van der Waals surface area contributed by atoms with Crippen molar-refractivity contribution in [2.75, 3.05) is 0 Å². The van der Waals surface area contributed by atoms with Gasteiger partial charge in [-0.25, -0.2) is 0 Å². The van der Waals surface area contributed by atoms with Crippen LogP contribution in [-0.2, 0) is 25.9 Å². The first-order chi connectivity index (χ1) is 12.7. The number of aromatic hydroxyl groups is 1. The molecule has 0 saturated carbocycles. The van der Waals surface area contributed by atoms with Gasteiger partial charge in [-0.05, 0) is 36.1 Å². The molecule has 6 nitrogen and oxygen atoms in total. The van der Waals surface area contributed by atoms with E-state index in [4.69, 9.17) is 0 Å². The molecule has 0 spiro atoms. The number of hydrogen-bond acceptors (Lipinski definition) is 4. The lowest BCUT2D eigenvalue weighted by Gasteiger charge is -2.09. The lowest BCUT2D eigenvalue weighted by Crippen LogP contribution is -2.25. The fourth-order valence-electron chi connectivity index (χ4n) is 3.30. The van der Waals surface area contributed by atoms with E-state index in [2.05, 4.69) is 15.5 Å². The number of fused-ring (bicyclic) bond motifs is 1. The topological polar surface area (TPSA) is 80.0 Å². The maximum Gasteiger partial charge on any atom is 0.255 e. The molecule has 1 aliphatic rings. The molecule has 26 heavy (non-hydrogen) atoms. The molecule has 1 amide bonds. The van der Waals surface area contributed by atoms with E-state index in [1.807, 2.05) is 41.0 Å². The van der Waals surface area contributed by atoms with Crippen molar-refractivity contribution in [3.05, 3.63) is 76.9 Å². The number of aryl methyl sites for hydroxylation is 1. The van der Waals surface area contributed by atoms with Crippen molar-refractivity contribution in [3.8, 4) is 5.75 Å². The molecule has 1 aliphatic heterocycles. The number of carbonyl (C=O) groups excluding carboxylic acids is 1. The largest absolute Gasteiger partial charge is 0.507 e. The number of nitrogens with one attached hydrogen (secondary N) is 1. The first kappa shape index (κ1) is 16.3. The summed E-state index contributed by atoms with van der Waals surface area (Å²) in [5, 5.41) is 21.2. The van der Waals surface area contributed by atoms with Crippen molar-refractivity contribution >= 4 is 5.91 Å². The lowest BCUT2D eigenvalue weighted by atomic mass is 10.0. The Morgan fingerprint density at radius 3 is 2.81 bits per heavy atom. The Morgan fingerprint density at radius 2 is 1.96 bits per heavy atom. The second-order valence-electron chi connectivity index (χ2n) is 6.48. The van der Waals surface area contributed by atoms with Gasteiger partial charge in [-0.1, -0.05) is 36.4 Å². The van der Waals surface area contributed by atoms with Crippen LogP contribution in [0.25, 0.3) is 0 Å². The first-order valence-corrected chi connectivity index (χ1v) is 8.75. The van der Waals surface area contributed by atoms with Gasteiger partial charge in [-0.3, -0.25) is 4.79 Å². The Bertz CT molecular complexity index is 934. The zero-order chi connectivity index (χ0) is 17.9. The fraction of sp³-hybridized carbons (Fsp3) is 0.250. The van der Waals surface area contributed by atoms with Crippen LogP contribution in [0.3, 0.4) is 0 Å². The van der Waals surface area contributed by atoms with Crippen LogP contribution in [0.5, 0.6) is 5.75 Å². The zero-order valence-electron chi connectivity index (χ0n) is 14.4. The third-order valence-electron chi connectivity index (χ3n) is 4.65. The van der Waals surface area contributed by atoms with Crippen molar-refractivity contribution in [1.82, 2.24) is 20.1 Å². The molecule has 0 unspecified atom stereocenters. The molecular weight excluding hydrogens is 328 g/mol. The molecule has 2 aromatic carbocycles. The number of amides is 1. The summed E-state index contributed by atoms with van der Waals surface area (Å²) >= 11 is 0. The molecule has 0 saturated heterocycles. The van der Waals surface area contributed by atoms with E-state index in [-0.39, 0.29) is 17.2 Å². The minimum atomic E-state index is -0.312. The van der Waals surface area contributed by atoms with Gasteiger partial charge in [0.1, 0.15) is 11.6 Å². The fourth-order valence-corrected chi connectivity index (χ4v) is 3.30. The monoisotopic (exact) mass is 348 g/mol. The third-order valence-corrected chi connectivity index (χ3v) is 4.65. The van der Waals surface area contributed by atoms with Gasteiger partial charge in [-0.2, -0.15) is 0 Å². The third kappa shape index (κ3) is 3.31. The van der Waals surface area contributed by atoms with Gasteiger partial charge in [0, 0.05) is 13.0 Å². The number of carbonyl (C=O) groups is 1. The van der Waals surface area contributed by atoms with Crippen molar-refractivity contribution in [2.24, 2.45) is 0 Å². The Hall–Kier alpha value is -3.15. The van der Waals surface area contributed by atoms with Gasteiger partial charge in [0.15, 0.2) is 5.82 Å². The van der Waals surface area contributed by atoms with E-state index in [0.717, 1.165) is 42.2 Å². The Balaban J connectivity index is 1.47. The van der Waals surface area contributed by atoms with Crippen LogP contribution in [0.15, 0.2) is 48.5 Å². The van der Waals surface area contributed by atoms with Crippen molar-refractivity contribution in [1.29, 1.82) is 0 Å². The van der Waals surface area contributed by atoms with E-state index in [9.17, 15) is 9.90 Å². The van der Waals surface area contributed by atoms with Crippen LogP contribution >= 0.6 is 0 Å². The minimum absolute atomic E-state index is 0.0224. The predicted molar refractivity (Wildman–Crippen MR) is 96.9 cm³/mol. The Labute approximate surface area is 151 Å². The number of phenols is 1. The predicted octanol–water partition coefficient (Wildman–Crippen LogP) is 2.45. The second-order valence-corrected chi connectivity index (χ2v) is 6.48. The van der Waals surface area contributed by atoms with Crippen molar-refractivity contribution < 1.29 is 9.90 Å². The summed E-state index contributed by atoms with van der Waals surface area (Å²) in [5.41, 5.74) is 2.41. The summed E-state index contributed by atoms with van der Waals surface area (Å²) in [5.74, 6) is 1.39. The number of hydrogen-bond donors (Lipinski definition) is 2. The molecule has 0 radical (unpaired) electrons. The minimum Gasteiger partial charge on any atom is -0.507 e. The number of aromatic nitrogens is 3. The molecule has 0 aliphatic carbocycles. The summed E-state index contributed by atoms with van der Waals surface area (Å²) < 4.78 is 2.05. The molecule has 0 fully saturated rings. The van der Waals surface area contributed by atoms with Crippen molar-refractivity contribution in [3.63, 3.8) is 0 Å². The van der Waals surface area contributed by atoms with E-state index >= 15 is 0 Å². The van der Waals surface area contributed by atoms with E-state index in [1.165, 1.54) is 0 Å². The quantitative estimate of drug-likeness (QED) is 0.742. The molecular formula is C20H20N4O2. The number of benzene rings is 2. The summed E-state index contributed by atoms with van der Waals surface area (Å²) in [6.07, 6.45) is 2.70. The van der Waals surface area contributed by atoms with Gasteiger partial charge in [0.05, 0.1) is 12.1 Å². The Morgan fingerprint density at radius 1 is 1.12 bits per heavy atom. The van der Waals surface area contributed by atoms with Crippen LogP contribution in [0.2, 0.25) is 0 Å². The standard InChI is InChI=1S/C20H20N4O2/c25-17-9-8-15(11-14-5-2-1-3-6-14)12-16(17)20(26)21-13-19-23-22-18-7-4-10-24(18)19/h1-3,5-6,8-9,12,25H,4,7,10-11,13H2,(H,21,26). The van der Waals surface area contributed by atoms with Gasteiger partial charge in [0.25, 0.3) is 5.91 Å². The van der Waals surface area contributed by atoms with Crippen LogP contribution in [0, 0.1) is 0 Å². The molecule has 0 bridgehead atoms.